The van der Waals surface area contributed by atoms with Crippen molar-refractivity contribution in [2.24, 2.45) is 5.92 Å². The van der Waals surface area contributed by atoms with Crippen molar-refractivity contribution >= 4 is 0 Å². The molecule has 0 aromatic rings. The minimum absolute atomic E-state index is 0.315. The summed E-state index contributed by atoms with van der Waals surface area (Å²) in [6.45, 7) is 8.96. The monoisotopic (exact) mass is 127 g/mol. The van der Waals surface area contributed by atoms with Crippen molar-refractivity contribution in [1.29, 1.82) is 0 Å². The molecule has 9 heavy (non-hydrogen) atoms. The fourth-order valence-corrected chi connectivity index (χ4v) is 1.08. The van der Waals surface area contributed by atoms with Gasteiger partial charge in [-0.05, 0) is 33.1 Å². The second-order valence-electron chi connectivity index (χ2n) is 4.21. The largest absolute Gasteiger partial charge is 0.309 e. The lowest BCUT2D eigenvalue weighted by Crippen LogP contribution is -2.38. The van der Waals surface area contributed by atoms with Crippen LogP contribution in [-0.2, 0) is 0 Å². The standard InChI is InChI=1S/C8H17N/c1-6-5-7(6)9-8(2,3)4/h6-7,9H,5H2,1-4H3/t6-,7?/m1/s1. The maximum Gasteiger partial charge on any atom is 0.0101 e. The molecule has 0 aliphatic heterocycles. The van der Waals surface area contributed by atoms with Crippen LogP contribution < -0.4 is 5.32 Å². The van der Waals surface area contributed by atoms with Gasteiger partial charge in [0, 0.05) is 11.6 Å². The van der Waals surface area contributed by atoms with Crippen LogP contribution in [0.25, 0.3) is 0 Å². The summed E-state index contributed by atoms with van der Waals surface area (Å²) in [5.74, 6) is 0.921. The Morgan fingerprint density at radius 1 is 1.33 bits per heavy atom. The Labute approximate surface area is 57.8 Å². The number of nitrogens with one attached hydrogen (secondary N) is 1. The van der Waals surface area contributed by atoms with E-state index in [0.717, 1.165) is 12.0 Å². The van der Waals surface area contributed by atoms with Crippen LogP contribution in [0.2, 0.25) is 0 Å². The zero-order valence-electron chi connectivity index (χ0n) is 6.86. The van der Waals surface area contributed by atoms with Crippen LogP contribution in [0.4, 0.5) is 0 Å². The first-order chi connectivity index (χ1) is 3.99. The van der Waals surface area contributed by atoms with Crippen molar-refractivity contribution in [3.8, 4) is 0 Å². The zero-order valence-corrected chi connectivity index (χ0v) is 6.86. The molecular weight excluding hydrogens is 110 g/mol. The number of hydrogen-bond donors (Lipinski definition) is 1. The van der Waals surface area contributed by atoms with Crippen LogP contribution in [0.3, 0.4) is 0 Å². The Morgan fingerprint density at radius 3 is 1.89 bits per heavy atom. The van der Waals surface area contributed by atoms with E-state index in [-0.39, 0.29) is 0 Å². The molecule has 0 aromatic heterocycles. The van der Waals surface area contributed by atoms with Crippen LogP contribution in [0.5, 0.6) is 0 Å². The molecule has 0 spiro atoms. The van der Waals surface area contributed by atoms with E-state index in [2.05, 4.69) is 33.0 Å². The molecular formula is C8H17N. The summed E-state index contributed by atoms with van der Waals surface area (Å²) >= 11 is 0. The Kier molecular flexibility index (Phi) is 1.55. The highest BCUT2D eigenvalue weighted by Gasteiger charge is 2.34. The zero-order chi connectivity index (χ0) is 7.07. The van der Waals surface area contributed by atoms with Crippen molar-refractivity contribution < 1.29 is 0 Å². The third-order valence-corrected chi connectivity index (χ3v) is 1.73. The van der Waals surface area contributed by atoms with Crippen LogP contribution in [0.15, 0.2) is 0 Å². The lowest BCUT2D eigenvalue weighted by atomic mass is 10.1. The first kappa shape index (κ1) is 7.07. The van der Waals surface area contributed by atoms with E-state index < -0.39 is 0 Å². The molecule has 1 heteroatoms. The minimum atomic E-state index is 0.315. The van der Waals surface area contributed by atoms with E-state index in [1.54, 1.807) is 0 Å². The van der Waals surface area contributed by atoms with Gasteiger partial charge in [0.25, 0.3) is 0 Å². The second kappa shape index (κ2) is 1.98. The van der Waals surface area contributed by atoms with E-state index in [1.165, 1.54) is 6.42 Å². The van der Waals surface area contributed by atoms with Gasteiger partial charge in [0.05, 0.1) is 0 Å². The lowest BCUT2D eigenvalue weighted by Gasteiger charge is -2.20. The molecule has 1 rings (SSSR count). The van der Waals surface area contributed by atoms with Crippen LogP contribution >= 0.6 is 0 Å². The van der Waals surface area contributed by atoms with Crippen molar-refractivity contribution in [1.82, 2.24) is 5.32 Å². The normalized spacial score (nSPS) is 34.7. The first-order valence-electron chi connectivity index (χ1n) is 3.77. The Bertz CT molecular complexity index is 102. The molecule has 2 atom stereocenters. The van der Waals surface area contributed by atoms with Crippen molar-refractivity contribution in [2.45, 2.75) is 45.7 Å². The highest BCUT2D eigenvalue weighted by Crippen LogP contribution is 2.30. The van der Waals surface area contributed by atoms with Gasteiger partial charge < -0.3 is 5.32 Å². The first-order valence-corrected chi connectivity index (χ1v) is 3.77. The third-order valence-electron chi connectivity index (χ3n) is 1.73. The molecule has 54 valence electrons. The highest BCUT2D eigenvalue weighted by molar-refractivity contribution is 4.93. The summed E-state index contributed by atoms with van der Waals surface area (Å²) in [4.78, 5) is 0. The van der Waals surface area contributed by atoms with Crippen LogP contribution in [0.1, 0.15) is 34.1 Å². The average Bonchev–Trinajstić information content (AvgIpc) is 2.13. The Hall–Kier alpha value is -0.0400. The molecule has 0 heterocycles. The second-order valence-corrected chi connectivity index (χ2v) is 4.21. The van der Waals surface area contributed by atoms with Crippen molar-refractivity contribution in [3.63, 3.8) is 0 Å². The molecule has 0 aromatic carbocycles. The van der Waals surface area contributed by atoms with Crippen LogP contribution in [-0.4, -0.2) is 11.6 Å². The third kappa shape index (κ3) is 2.35. The maximum atomic E-state index is 3.54. The summed E-state index contributed by atoms with van der Waals surface area (Å²) < 4.78 is 0. The van der Waals surface area contributed by atoms with Crippen molar-refractivity contribution in [3.05, 3.63) is 0 Å². The molecule has 1 aliphatic carbocycles. The molecule has 0 bridgehead atoms. The van der Waals surface area contributed by atoms with E-state index in [0.29, 0.717) is 5.54 Å². The molecule has 1 fully saturated rings. The molecule has 0 saturated heterocycles. The number of hydrogen-bond acceptors (Lipinski definition) is 1. The van der Waals surface area contributed by atoms with E-state index in [4.69, 9.17) is 0 Å². The Morgan fingerprint density at radius 2 is 1.78 bits per heavy atom. The maximum absolute atomic E-state index is 3.54. The van der Waals surface area contributed by atoms with Crippen molar-refractivity contribution in [2.75, 3.05) is 0 Å². The smallest absolute Gasteiger partial charge is 0.0101 e. The van der Waals surface area contributed by atoms with Gasteiger partial charge >= 0.3 is 0 Å². The predicted octanol–water partition coefficient (Wildman–Crippen LogP) is 1.78. The fourth-order valence-electron chi connectivity index (χ4n) is 1.08. The summed E-state index contributed by atoms with van der Waals surface area (Å²) in [5, 5.41) is 3.54. The topological polar surface area (TPSA) is 12.0 Å². The van der Waals surface area contributed by atoms with Gasteiger partial charge in [0.2, 0.25) is 0 Å². The summed E-state index contributed by atoms with van der Waals surface area (Å²) in [6, 6.07) is 0.810. The van der Waals surface area contributed by atoms with E-state index in [9.17, 15) is 0 Å². The molecule has 1 aliphatic rings. The Balaban J connectivity index is 2.19. The van der Waals surface area contributed by atoms with Gasteiger partial charge in [0.15, 0.2) is 0 Å². The van der Waals surface area contributed by atoms with Gasteiger partial charge in [-0.25, -0.2) is 0 Å². The fraction of sp³-hybridized carbons (Fsp3) is 1.00. The molecule has 1 N–H and O–H groups in total. The van der Waals surface area contributed by atoms with Crippen LogP contribution in [0, 0.1) is 5.92 Å². The van der Waals surface area contributed by atoms with Gasteiger partial charge in [-0.1, -0.05) is 6.92 Å². The quantitative estimate of drug-likeness (QED) is 0.566. The van der Waals surface area contributed by atoms with Gasteiger partial charge in [0.1, 0.15) is 0 Å². The SMILES string of the molecule is C[C@@H]1CC1NC(C)(C)C. The predicted molar refractivity (Wildman–Crippen MR) is 40.5 cm³/mol. The molecule has 1 nitrogen and oxygen atoms in total. The lowest BCUT2D eigenvalue weighted by molar-refractivity contribution is 0.413. The summed E-state index contributed by atoms with van der Waals surface area (Å²) in [7, 11) is 0. The van der Waals surface area contributed by atoms with E-state index >= 15 is 0 Å². The minimum Gasteiger partial charge on any atom is -0.309 e. The molecule has 1 unspecified atom stereocenters. The molecule has 0 amide bonds. The molecule has 0 radical (unpaired) electrons. The van der Waals surface area contributed by atoms with E-state index in [1.807, 2.05) is 0 Å². The summed E-state index contributed by atoms with van der Waals surface area (Å²) in [6.07, 6.45) is 1.37. The highest BCUT2D eigenvalue weighted by atomic mass is 15.0. The van der Waals surface area contributed by atoms with Gasteiger partial charge in [-0.3, -0.25) is 0 Å². The van der Waals surface area contributed by atoms with Gasteiger partial charge in [-0.15, -0.1) is 0 Å². The summed E-state index contributed by atoms with van der Waals surface area (Å²) in [5.41, 5.74) is 0.315. The molecule has 1 saturated carbocycles. The average molecular weight is 127 g/mol. The number of rotatable bonds is 1. The van der Waals surface area contributed by atoms with Gasteiger partial charge in [-0.2, -0.15) is 0 Å².